The van der Waals surface area contributed by atoms with Crippen LogP contribution in [0.15, 0.2) is 64.3 Å². The van der Waals surface area contributed by atoms with E-state index < -0.39 is 35.2 Å². The van der Waals surface area contributed by atoms with E-state index >= 15 is 0 Å². The van der Waals surface area contributed by atoms with Gasteiger partial charge in [-0.3, -0.25) is 9.59 Å². The highest BCUT2D eigenvalue weighted by Gasteiger charge is 2.30. The first-order chi connectivity index (χ1) is 16.4. The van der Waals surface area contributed by atoms with Gasteiger partial charge in [0.05, 0.1) is 10.9 Å². The molecule has 4 rings (SSSR count). The molecule has 0 fully saturated rings. The van der Waals surface area contributed by atoms with Crippen molar-refractivity contribution < 1.29 is 14.7 Å². The van der Waals surface area contributed by atoms with Gasteiger partial charge in [0.25, 0.3) is 5.56 Å². The molecular weight excluding hydrogens is 436 g/mol. The predicted molar refractivity (Wildman–Crippen MR) is 129 cm³/mol. The number of amides is 1. The van der Waals surface area contributed by atoms with Crippen LogP contribution in [0.4, 0.5) is 0 Å². The fourth-order valence-electron chi connectivity index (χ4n) is 4.20. The fraction of sp³-hybridized carbons (Fsp3) is 0.280. The maximum Gasteiger partial charge on any atom is 0.329 e. The van der Waals surface area contributed by atoms with Gasteiger partial charge < -0.3 is 20.4 Å². The van der Waals surface area contributed by atoms with Crippen LogP contribution < -0.4 is 16.6 Å². The summed E-state index contributed by atoms with van der Waals surface area (Å²) >= 11 is 0. The third-order valence-electron chi connectivity index (χ3n) is 6.00. The van der Waals surface area contributed by atoms with E-state index in [1.54, 1.807) is 30.5 Å². The number of para-hydroxylation sites is 2. The van der Waals surface area contributed by atoms with Gasteiger partial charge in [-0.25, -0.2) is 14.2 Å². The molecule has 9 heteroatoms. The SMILES string of the molecule is CCCC[C@@H](NC(=O)[C@@H](Cc1c[nH]c2ccccc12)n1c(=O)[nH]c2ccccc2c1=O)C(=O)O. The summed E-state index contributed by atoms with van der Waals surface area (Å²) in [6, 6.07) is 11.7. The number of hydrogen-bond donors (Lipinski definition) is 4. The van der Waals surface area contributed by atoms with Crippen molar-refractivity contribution >= 4 is 33.7 Å². The van der Waals surface area contributed by atoms with Gasteiger partial charge in [-0.15, -0.1) is 0 Å². The molecule has 0 saturated heterocycles. The van der Waals surface area contributed by atoms with E-state index in [9.17, 15) is 24.3 Å². The molecule has 2 heterocycles. The Morgan fingerprint density at radius 2 is 1.71 bits per heavy atom. The van der Waals surface area contributed by atoms with Gasteiger partial charge >= 0.3 is 11.7 Å². The van der Waals surface area contributed by atoms with Crippen LogP contribution >= 0.6 is 0 Å². The summed E-state index contributed by atoms with van der Waals surface area (Å²) in [5.41, 5.74) is 0.605. The second-order valence-electron chi connectivity index (χ2n) is 8.27. The Morgan fingerprint density at radius 3 is 2.41 bits per heavy atom. The van der Waals surface area contributed by atoms with Crippen LogP contribution in [0.1, 0.15) is 37.8 Å². The molecule has 2 atom stereocenters. The number of unbranched alkanes of at least 4 members (excludes halogenated alkanes) is 1. The number of aromatic amines is 2. The van der Waals surface area contributed by atoms with E-state index in [4.69, 9.17) is 0 Å². The number of carboxylic acid groups (broad SMARTS) is 1. The largest absolute Gasteiger partial charge is 0.480 e. The molecule has 0 bridgehead atoms. The number of H-pyrrole nitrogens is 2. The summed E-state index contributed by atoms with van der Waals surface area (Å²) in [6.45, 7) is 1.93. The monoisotopic (exact) mass is 462 g/mol. The zero-order valence-corrected chi connectivity index (χ0v) is 18.7. The number of carboxylic acids is 1. The Balaban J connectivity index is 1.81. The molecule has 2 aromatic carbocycles. The Hall–Kier alpha value is -4.14. The maximum absolute atomic E-state index is 13.4. The van der Waals surface area contributed by atoms with Crippen LogP contribution in [0, 0.1) is 0 Å². The maximum atomic E-state index is 13.4. The van der Waals surface area contributed by atoms with Crippen molar-refractivity contribution in [3.8, 4) is 0 Å². The topological polar surface area (TPSA) is 137 Å². The zero-order valence-electron chi connectivity index (χ0n) is 18.7. The Bertz CT molecular complexity index is 1470. The predicted octanol–water partition coefficient (Wildman–Crippen LogP) is 2.71. The zero-order chi connectivity index (χ0) is 24.2. The molecule has 0 saturated carbocycles. The molecule has 176 valence electrons. The summed E-state index contributed by atoms with van der Waals surface area (Å²) in [7, 11) is 0. The van der Waals surface area contributed by atoms with Crippen LogP contribution in [-0.4, -0.2) is 37.6 Å². The minimum Gasteiger partial charge on any atom is -0.480 e. The first-order valence-corrected chi connectivity index (χ1v) is 11.2. The van der Waals surface area contributed by atoms with Gasteiger partial charge in [0, 0.05) is 23.5 Å². The first kappa shape index (κ1) is 23.0. The van der Waals surface area contributed by atoms with E-state index in [0.29, 0.717) is 11.9 Å². The standard InChI is InChI=1S/C25H26N4O5/c1-2-3-10-20(24(32)33)27-22(30)21(13-15-14-26-18-11-6-4-8-16(15)18)29-23(31)17-9-5-7-12-19(17)28-25(29)34/h4-9,11-12,14,20-21,26H,2-3,10,13H2,1H3,(H,27,30)(H,28,34)(H,32,33)/t20-,21-/m1/s1. The quantitative estimate of drug-likeness (QED) is 0.303. The van der Waals surface area contributed by atoms with Crippen LogP contribution in [0.5, 0.6) is 0 Å². The van der Waals surface area contributed by atoms with Gasteiger partial charge in [-0.1, -0.05) is 50.1 Å². The Labute approximate surface area is 194 Å². The molecular formula is C25H26N4O5. The molecule has 9 nitrogen and oxygen atoms in total. The van der Waals surface area contributed by atoms with Gasteiger partial charge in [0.1, 0.15) is 12.1 Å². The van der Waals surface area contributed by atoms with Crippen molar-refractivity contribution in [1.82, 2.24) is 19.9 Å². The highest BCUT2D eigenvalue weighted by atomic mass is 16.4. The van der Waals surface area contributed by atoms with Gasteiger partial charge in [0.15, 0.2) is 0 Å². The van der Waals surface area contributed by atoms with Crippen LogP contribution in [-0.2, 0) is 16.0 Å². The highest BCUT2D eigenvalue weighted by molar-refractivity contribution is 5.88. The number of nitrogens with one attached hydrogen (secondary N) is 3. The van der Waals surface area contributed by atoms with Gasteiger partial charge in [-0.2, -0.15) is 0 Å². The first-order valence-electron chi connectivity index (χ1n) is 11.2. The molecule has 0 unspecified atom stereocenters. The lowest BCUT2D eigenvalue weighted by Gasteiger charge is -2.22. The third kappa shape index (κ3) is 4.50. The number of aliphatic carboxylic acids is 1. The smallest absolute Gasteiger partial charge is 0.329 e. The summed E-state index contributed by atoms with van der Waals surface area (Å²) in [4.78, 5) is 57.3. The average Bonchev–Trinajstić information content (AvgIpc) is 3.23. The lowest BCUT2D eigenvalue weighted by atomic mass is 10.0. The summed E-state index contributed by atoms with van der Waals surface area (Å²) in [5, 5.41) is 13.3. The molecule has 0 radical (unpaired) electrons. The number of aromatic nitrogens is 3. The normalized spacial score (nSPS) is 13.1. The Morgan fingerprint density at radius 1 is 1.03 bits per heavy atom. The summed E-state index contributed by atoms with van der Waals surface area (Å²) < 4.78 is 0.887. The number of nitrogens with zero attached hydrogens (tertiary/aromatic N) is 1. The lowest BCUT2D eigenvalue weighted by molar-refractivity contribution is -0.142. The minimum absolute atomic E-state index is 0.0251. The highest BCUT2D eigenvalue weighted by Crippen LogP contribution is 2.22. The molecule has 34 heavy (non-hydrogen) atoms. The Kier molecular flexibility index (Phi) is 6.62. The molecule has 4 N–H and O–H groups in total. The fourth-order valence-corrected chi connectivity index (χ4v) is 4.20. The van der Waals surface area contributed by atoms with Crippen LogP contribution in [0.25, 0.3) is 21.8 Å². The van der Waals surface area contributed by atoms with Gasteiger partial charge in [0.2, 0.25) is 5.91 Å². The van der Waals surface area contributed by atoms with Crippen LogP contribution in [0.3, 0.4) is 0 Å². The second kappa shape index (κ2) is 9.78. The van der Waals surface area contributed by atoms with Gasteiger partial charge in [-0.05, 0) is 30.2 Å². The number of rotatable bonds is 9. The number of hydrogen-bond acceptors (Lipinski definition) is 4. The molecule has 1 amide bonds. The molecule has 2 aromatic heterocycles. The molecule has 0 aliphatic carbocycles. The van der Waals surface area contributed by atoms with E-state index in [1.165, 1.54) is 0 Å². The van der Waals surface area contributed by atoms with E-state index in [1.807, 2.05) is 31.2 Å². The minimum atomic E-state index is -1.25. The van der Waals surface area contributed by atoms with Crippen LogP contribution in [0.2, 0.25) is 0 Å². The number of carbonyl (C=O) groups excluding carboxylic acids is 1. The lowest BCUT2D eigenvalue weighted by Crippen LogP contribution is -2.49. The number of fused-ring (bicyclic) bond motifs is 2. The number of carbonyl (C=O) groups is 2. The van der Waals surface area contributed by atoms with Crippen molar-refractivity contribution in [3.05, 3.63) is 81.1 Å². The van der Waals surface area contributed by atoms with Crippen molar-refractivity contribution in [2.75, 3.05) is 0 Å². The van der Waals surface area contributed by atoms with Crippen molar-refractivity contribution in [2.45, 2.75) is 44.7 Å². The molecule has 4 aromatic rings. The number of benzene rings is 2. The van der Waals surface area contributed by atoms with Crippen molar-refractivity contribution in [1.29, 1.82) is 0 Å². The summed E-state index contributed by atoms with van der Waals surface area (Å²) in [5.74, 6) is -1.86. The summed E-state index contributed by atoms with van der Waals surface area (Å²) in [6.07, 6.45) is 3.39. The third-order valence-corrected chi connectivity index (χ3v) is 6.00. The molecule has 0 spiro atoms. The van der Waals surface area contributed by atoms with E-state index in [-0.39, 0.29) is 18.2 Å². The second-order valence-corrected chi connectivity index (χ2v) is 8.27. The molecule has 0 aliphatic rings. The average molecular weight is 463 g/mol. The van der Waals surface area contributed by atoms with Crippen molar-refractivity contribution in [3.63, 3.8) is 0 Å². The van der Waals surface area contributed by atoms with E-state index in [2.05, 4.69) is 15.3 Å². The van der Waals surface area contributed by atoms with E-state index in [0.717, 1.165) is 27.5 Å². The van der Waals surface area contributed by atoms with Crippen molar-refractivity contribution in [2.24, 2.45) is 0 Å². The molecule has 0 aliphatic heterocycles.